The van der Waals surface area contributed by atoms with Gasteiger partial charge in [-0.3, -0.25) is 4.79 Å². The fraction of sp³-hybridized carbons (Fsp3) is 0.0667. The smallest absolute Gasteiger partial charge is 0.198 e. The second kappa shape index (κ2) is 4.14. The number of aromatic amines is 1. The van der Waals surface area contributed by atoms with Gasteiger partial charge < -0.3 is 9.40 Å². The number of aromatic nitrogens is 1. The lowest BCUT2D eigenvalue weighted by atomic mass is 10.0. The number of nitriles is 1. The molecule has 2 aromatic heterocycles. The normalized spacial score (nSPS) is 10.5. The van der Waals surface area contributed by atoms with Crippen molar-refractivity contribution in [2.45, 2.75) is 6.92 Å². The van der Waals surface area contributed by atoms with E-state index in [0.29, 0.717) is 22.5 Å². The van der Waals surface area contributed by atoms with Crippen molar-refractivity contribution in [3.8, 4) is 6.07 Å². The van der Waals surface area contributed by atoms with E-state index in [1.165, 1.54) is 6.26 Å². The highest BCUT2D eigenvalue weighted by atomic mass is 16.3. The van der Waals surface area contributed by atoms with E-state index in [2.05, 4.69) is 11.1 Å². The van der Waals surface area contributed by atoms with E-state index >= 15 is 0 Å². The number of rotatable bonds is 2. The molecule has 0 saturated heterocycles. The predicted molar refractivity (Wildman–Crippen MR) is 69.9 cm³/mol. The molecule has 3 rings (SSSR count). The molecule has 0 radical (unpaired) electrons. The molecule has 1 N–H and O–H groups in total. The molecule has 0 bridgehead atoms. The van der Waals surface area contributed by atoms with Gasteiger partial charge in [0.15, 0.2) is 5.78 Å². The largest absolute Gasteiger partial charge is 0.469 e. The quantitative estimate of drug-likeness (QED) is 0.710. The van der Waals surface area contributed by atoms with Crippen LogP contribution in [0.1, 0.15) is 27.2 Å². The molecule has 92 valence electrons. The molecule has 0 fully saturated rings. The third-order valence-electron chi connectivity index (χ3n) is 3.16. The van der Waals surface area contributed by atoms with E-state index in [1.807, 2.05) is 0 Å². The highest BCUT2D eigenvalue weighted by Crippen LogP contribution is 2.23. The molecule has 0 aliphatic carbocycles. The van der Waals surface area contributed by atoms with Crippen LogP contribution in [0.25, 0.3) is 10.9 Å². The molecule has 0 atom stereocenters. The molecule has 2 heterocycles. The van der Waals surface area contributed by atoms with Crippen LogP contribution in [0, 0.1) is 18.3 Å². The van der Waals surface area contributed by atoms with Crippen LogP contribution < -0.4 is 0 Å². The summed E-state index contributed by atoms with van der Waals surface area (Å²) >= 11 is 0. The number of nitrogens with one attached hydrogen (secondary N) is 1. The van der Waals surface area contributed by atoms with Gasteiger partial charge in [-0.15, -0.1) is 0 Å². The molecular weight excluding hydrogens is 240 g/mol. The molecule has 0 amide bonds. The van der Waals surface area contributed by atoms with Crippen molar-refractivity contribution in [3.63, 3.8) is 0 Å². The first-order chi connectivity index (χ1) is 9.20. The van der Waals surface area contributed by atoms with Crippen molar-refractivity contribution >= 4 is 16.7 Å². The third-order valence-corrected chi connectivity index (χ3v) is 3.16. The maximum Gasteiger partial charge on any atom is 0.198 e. The van der Waals surface area contributed by atoms with Crippen LogP contribution in [-0.4, -0.2) is 10.8 Å². The van der Waals surface area contributed by atoms with Crippen molar-refractivity contribution in [2.75, 3.05) is 0 Å². The molecule has 3 aromatic rings. The molecule has 1 aromatic carbocycles. The molecule has 4 heteroatoms. The first-order valence-electron chi connectivity index (χ1n) is 5.80. The van der Waals surface area contributed by atoms with Crippen LogP contribution in [0.2, 0.25) is 0 Å². The Bertz CT molecular complexity index is 818. The number of furan rings is 1. The Morgan fingerprint density at radius 1 is 1.32 bits per heavy atom. The molecule has 4 nitrogen and oxygen atoms in total. The Labute approximate surface area is 109 Å². The number of ketones is 1. The van der Waals surface area contributed by atoms with Crippen molar-refractivity contribution < 1.29 is 9.21 Å². The standard InChI is InChI=1S/C15H10N2O2/c1-9-11(4-5-19-9)15(18)13-8-17-14-3-2-10(7-16)6-12(13)14/h2-6,8,17H,1H3. The number of fused-ring (bicyclic) bond motifs is 1. The predicted octanol–water partition coefficient (Wildman–Crippen LogP) is 3.17. The molecular formula is C15H10N2O2. The van der Waals surface area contributed by atoms with E-state index in [0.717, 1.165) is 10.9 Å². The Balaban J connectivity index is 2.18. The minimum absolute atomic E-state index is 0.104. The summed E-state index contributed by atoms with van der Waals surface area (Å²) in [6.07, 6.45) is 3.17. The summed E-state index contributed by atoms with van der Waals surface area (Å²) in [6.45, 7) is 1.75. The number of hydrogen-bond acceptors (Lipinski definition) is 3. The van der Waals surface area contributed by atoms with Gasteiger partial charge in [-0.2, -0.15) is 5.26 Å². The fourth-order valence-corrected chi connectivity index (χ4v) is 2.14. The maximum atomic E-state index is 12.4. The first-order valence-corrected chi connectivity index (χ1v) is 5.80. The van der Waals surface area contributed by atoms with Crippen LogP contribution in [0.5, 0.6) is 0 Å². The average Bonchev–Trinajstić information content (AvgIpc) is 3.03. The zero-order chi connectivity index (χ0) is 13.4. The van der Waals surface area contributed by atoms with Gasteiger partial charge in [0.05, 0.1) is 23.5 Å². The molecule has 0 unspecified atom stereocenters. The Hall–Kier alpha value is -2.80. The number of aryl methyl sites for hydroxylation is 1. The van der Waals surface area contributed by atoms with Crippen molar-refractivity contribution in [2.24, 2.45) is 0 Å². The topological polar surface area (TPSA) is 69.8 Å². The molecule has 0 aliphatic rings. The Morgan fingerprint density at radius 2 is 2.16 bits per heavy atom. The van der Waals surface area contributed by atoms with Gasteiger partial charge >= 0.3 is 0 Å². The summed E-state index contributed by atoms with van der Waals surface area (Å²) < 4.78 is 5.16. The number of nitrogens with zero attached hydrogens (tertiary/aromatic N) is 1. The maximum absolute atomic E-state index is 12.4. The summed E-state index contributed by atoms with van der Waals surface area (Å²) in [5, 5.41) is 9.69. The molecule has 0 spiro atoms. The summed E-state index contributed by atoms with van der Waals surface area (Å²) in [5.41, 5.74) is 2.47. The number of hydrogen-bond donors (Lipinski definition) is 1. The van der Waals surface area contributed by atoms with Gasteiger partial charge in [0.2, 0.25) is 0 Å². The van der Waals surface area contributed by atoms with E-state index in [4.69, 9.17) is 9.68 Å². The van der Waals surface area contributed by atoms with Crippen LogP contribution >= 0.6 is 0 Å². The first kappa shape index (κ1) is 11.3. The second-order valence-electron chi connectivity index (χ2n) is 4.29. The number of H-pyrrole nitrogens is 1. The lowest BCUT2D eigenvalue weighted by Gasteiger charge is -1.98. The van der Waals surface area contributed by atoms with E-state index < -0.39 is 0 Å². The second-order valence-corrected chi connectivity index (χ2v) is 4.29. The highest BCUT2D eigenvalue weighted by molar-refractivity contribution is 6.16. The zero-order valence-corrected chi connectivity index (χ0v) is 10.2. The zero-order valence-electron chi connectivity index (χ0n) is 10.2. The highest BCUT2D eigenvalue weighted by Gasteiger charge is 2.17. The van der Waals surface area contributed by atoms with Crippen LogP contribution in [-0.2, 0) is 0 Å². The van der Waals surface area contributed by atoms with Gasteiger partial charge in [-0.1, -0.05) is 0 Å². The van der Waals surface area contributed by atoms with Gasteiger partial charge in [0, 0.05) is 22.7 Å². The minimum Gasteiger partial charge on any atom is -0.469 e. The van der Waals surface area contributed by atoms with Gasteiger partial charge in [0.1, 0.15) is 5.76 Å². The van der Waals surface area contributed by atoms with E-state index in [1.54, 1.807) is 37.4 Å². The average molecular weight is 250 g/mol. The SMILES string of the molecule is Cc1occc1C(=O)c1c[nH]c2ccc(C#N)cc12. The van der Waals surface area contributed by atoms with Gasteiger partial charge in [0.25, 0.3) is 0 Å². The monoisotopic (exact) mass is 250 g/mol. The van der Waals surface area contributed by atoms with E-state index in [9.17, 15) is 4.79 Å². The molecule has 0 saturated carbocycles. The molecule has 0 aliphatic heterocycles. The Kier molecular flexibility index (Phi) is 2.46. The summed E-state index contributed by atoms with van der Waals surface area (Å²) in [4.78, 5) is 15.5. The van der Waals surface area contributed by atoms with Crippen LogP contribution in [0.4, 0.5) is 0 Å². The van der Waals surface area contributed by atoms with Crippen molar-refractivity contribution in [1.82, 2.24) is 4.98 Å². The lowest BCUT2D eigenvalue weighted by molar-refractivity contribution is 0.103. The minimum atomic E-state index is -0.104. The molecule has 19 heavy (non-hydrogen) atoms. The van der Waals surface area contributed by atoms with Crippen molar-refractivity contribution in [1.29, 1.82) is 5.26 Å². The van der Waals surface area contributed by atoms with Crippen LogP contribution in [0.15, 0.2) is 41.1 Å². The van der Waals surface area contributed by atoms with Gasteiger partial charge in [-0.25, -0.2) is 0 Å². The van der Waals surface area contributed by atoms with Crippen molar-refractivity contribution in [3.05, 3.63) is 59.2 Å². The van der Waals surface area contributed by atoms with Crippen LogP contribution in [0.3, 0.4) is 0 Å². The summed E-state index contributed by atoms with van der Waals surface area (Å²) in [7, 11) is 0. The van der Waals surface area contributed by atoms with E-state index in [-0.39, 0.29) is 5.78 Å². The fourth-order valence-electron chi connectivity index (χ4n) is 2.14. The number of carbonyl (C=O) groups excluding carboxylic acids is 1. The lowest BCUT2D eigenvalue weighted by Crippen LogP contribution is -2.00. The third kappa shape index (κ3) is 1.72. The van der Waals surface area contributed by atoms with Gasteiger partial charge in [-0.05, 0) is 31.2 Å². The Morgan fingerprint density at radius 3 is 2.84 bits per heavy atom. The number of benzene rings is 1. The summed E-state index contributed by atoms with van der Waals surface area (Å²) in [5.74, 6) is 0.489. The number of carbonyl (C=O) groups is 1. The summed E-state index contributed by atoms with van der Waals surface area (Å²) in [6, 6.07) is 8.97.